The summed E-state index contributed by atoms with van der Waals surface area (Å²) in [6.07, 6.45) is 2.25. The number of halogens is 2. The molecule has 1 N–H and O–H groups in total. The van der Waals surface area contributed by atoms with Crippen LogP contribution in [0.4, 0.5) is 4.79 Å². The van der Waals surface area contributed by atoms with Gasteiger partial charge in [0.15, 0.2) is 14.3 Å². The van der Waals surface area contributed by atoms with E-state index in [0.29, 0.717) is 28.4 Å². The Morgan fingerprint density at radius 1 is 1.17 bits per heavy atom. The number of benzene rings is 2. The minimum atomic E-state index is -3.34. The highest BCUT2D eigenvalue weighted by Crippen LogP contribution is 2.44. The number of alkyl halides is 1. The average Bonchev–Trinajstić information content (AvgIpc) is 2.78. The van der Waals surface area contributed by atoms with Gasteiger partial charge in [0.05, 0.1) is 10.9 Å². The Kier molecular flexibility index (Phi) is 6.99. The van der Waals surface area contributed by atoms with Crippen LogP contribution in [0, 0.1) is 0 Å². The molecule has 4 rings (SSSR count). The Balaban J connectivity index is 1.58. The molecule has 1 aromatic heterocycles. The van der Waals surface area contributed by atoms with Crippen molar-refractivity contribution in [1.29, 1.82) is 0 Å². The van der Waals surface area contributed by atoms with Gasteiger partial charge < -0.3 is 14.7 Å². The van der Waals surface area contributed by atoms with E-state index in [9.17, 15) is 23.1 Å². The fourth-order valence-corrected chi connectivity index (χ4v) is 5.65. The SMILES string of the molecule is CS(=O)(=O)c1ccc(-n2ccc(OC3(Br)CCN(C(=O)O)C(c4ccccc4Cl)C3)cc2=O)cc1. The Morgan fingerprint density at radius 2 is 1.86 bits per heavy atom. The number of likely N-dealkylation sites (tertiary alicyclic amines) is 1. The fourth-order valence-electron chi connectivity index (χ4n) is 4.09. The van der Waals surface area contributed by atoms with Crippen LogP contribution in [0.25, 0.3) is 5.69 Å². The number of piperidine rings is 1. The number of rotatable bonds is 5. The molecule has 0 spiro atoms. The predicted octanol–water partition coefficient (Wildman–Crippen LogP) is 4.88. The second kappa shape index (κ2) is 9.67. The van der Waals surface area contributed by atoms with E-state index in [0.717, 1.165) is 6.26 Å². The van der Waals surface area contributed by atoms with E-state index in [1.807, 2.05) is 0 Å². The highest BCUT2D eigenvalue weighted by Gasteiger charge is 2.43. The van der Waals surface area contributed by atoms with Crippen molar-refractivity contribution in [3.8, 4) is 11.4 Å². The Labute approximate surface area is 215 Å². The summed E-state index contributed by atoms with van der Waals surface area (Å²) >= 11 is 9.99. The first-order valence-corrected chi connectivity index (χ1v) is 13.7. The van der Waals surface area contributed by atoms with Crippen molar-refractivity contribution in [3.63, 3.8) is 0 Å². The lowest BCUT2D eigenvalue weighted by Crippen LogP contribution is -2.48. The lowest BCUT2D eigenvalue weighted by atomic mass is 9.93. The van der Waals surface area contributed by atoms with Crippen molar-refractivity contribution in [3.05, 3.63) is 87.8 Å². The van der Waals surface area contributed by atoms with Crippen LogP contribution in [0.5, 0.6) is 5.75 Å². The van der Waals surface area contributed by atoms with Crippen molar-refractivity contribution in [2.45, 2.75) is 28.3 Å². The molecule has 2 unspecified atom stereocenters. The molecule has 184 valence electrons. The zero-order chi connectivity index (χ0) is 25.4. The lowest BCUT2D eigenvalue weighted by Gasteiger charge is -2.42. The second-order valence-corrected chi connectivity index (χ2v) is 12.2. The molecule has 2 heterocycles. The Morgan fingerprint density at radius 3 is 2.46 bits per heavy atom. The molecule has 2 atom stereocenters. The topological polar surface area (TPSA) is 106 Å². The van der Waals surface area contributed by atoms with Gasteiger partial charge in [0.25, 0.3) is 5.56 Å². The van der Waals surface area contributed by atoms with Crippen LogP contribution in [-0.2, 0) is 9.84 Å². The van der Waals surface area contributed by atoms with Crippen LogP contribution >= 0.6 is 27.5 Å². The number of ether oxygens (including phenoxy) is 1. The third-order valence-corrected chi connectivity index (χ3v) is 8.20. The maximum Gasteiger partial charge on any atom is 0.407 e. The third kappa shape index (κ3) is 5.55. The quantitative estimate of drug-likeness (QED) is 0.431. The molecule has 1 amide bonds. The third-order valence-electron chi connectivity index (χ3n) is 5.85. The van der Waals surface area contributed by atoms with Crippen LogP contribution < -0.4 is 10.3 Å². The molecule has 1 aliphatic rings. The van der Waals surface area contributed by atoms with Crippen molar-refractivity contribution in [2.24, 2.45) is 0 Å². The normalized spacial score (nSPS) is 20.4. The van der Waals surface area contributed by atoms with Crippen molar-refractivity contribution >= 4 is 43.5 Å². The summed E-state index contributed by atoms with van der Waals surface area (Å²) in [6, 6.07) is 15.5. The number of nitrogens with zero attached hydrogens (tertiary/aromatic N) is 2. The number of aromatic nitrogens is 1. The number of carboxylic acid groups (broad SMARTS) is 1. The molecule has 0 bridgehead atoms. The molecule has 11 heteroatoms. The monoisotopic (exact) mass is 580 g/mol. The van der Waals surface area contributed by atoms with E-state index in [2.05, 4.69) is 15.9 Å². The first-order chi connectivity index (χ1) is 16.5. The molecule has 2 aromatic carbocycles. The molecule has 0 saturated carbocycles. The van der Waals surface area contributed by atoms with Gasteiger partial charge in [-0.3, -0.25) is 9.36 Å². The van der Waals surface area contributed by atoms with E-state index in [-0.39, 0.29) is 23.4 Å². The Hall–Kier alpha value is -2.82. The maximum atomic E-state index is 12.8. The van der Waals surface area contributed by atoms with E-state index >= 15 is 0 Å². The summed E-state index contributed by atoms with van der Waals surface area (Å²) in [7, 11) is -3.34. The first kappa shape index (κ1) is 25.3. The molecule has 8 nitrogen and oxygen atoms in total. The molecule has 0 radical (unpaired) electrons. The van der Waals surface area contributed by atoms with Crippen LogP contribution in [0.1, 0.15) is 24.4 Å². The lowest BCUT2D eigenvalue weighted by molar-refractivity contribution is 0.0399. The van der Waals surface area contributed by atoms with Crippen LogP contribution in [0.15, 0.2) is 76.6 Å². The van der Waals surface area contributed by atoms with Gasteiger partial charge in [-0.2, -0.15) is 0 Å². The summed E-state index contributed by atoms with van der Waals surface area (Å²) in [5.41, 5.74) is 0.823. The smallest absolute Gasteiger partial charge is 0.407 e. The number of hydrogen-bond acceptors (Lipinski definition) is 5. The molecule has 1 aliphatic heterocycles. The van der Waals surface area contributed by atoms with Crippen LogP contribution in [0.2, 0.25) is 5.02 Å². The van der Waals surface area contributed by atoms with Gasteiger partial charge in [0.1, 0.15) is 5.75 Å². The highest BCUT2D eigenvalue weighted by molar-refractivity contribution is 9.10. The van der Waals surface area contributed by atoms with Gasteiger partial charge in [-0.1, -0.05) is 29.8 Å². The van der Waals surface area contributed by atoms with Gasteiger partial charge in [0, 0.05) is 48.6 Å². The van der Waals surface area contributed by atoms with Crippen molar-refractivity contribution in [2.75, 3.05) is 12.8 Å². The average molecular weight is 582 g/mol. The molecule has 0 aliphatic carbocycles. The minimum absolute atomic E-state index is 0.163. The molecule has 1 saturated heterocycles. The maximum absolute atomic E-state index is 12.8. The summed E-state index contributed by atoms with van der Waals surface area (Å²) in [5, 5.41) is 10.2. The zero-order valence-electron chi connectivity index (χ0n) is 18.6. The highest BCUT2D eigenvalue weighted by atomic mass is 79.9. The molecule has 1 fully saturated rings. The largest absolute Gasteiger partial charge is 0.476 e. The Bertz CT molecular complexity index is 1430. The van der Waals surface area contributed by atoms with Gasteiger partial charge in [-0.15, -0.1) is 0 Å². The number of sulfone groups is 1. The van der Waals surface area contributed by atoms with Gasteiger partial charge in [0.2, 0.25) is 0 Å². The molecule has 3 aromatic rings. The number of hydrogen-bond donors (Lipinski definition) is 1. The van der Waals surface area contributed by atoms with Gasteiger partial charge in [-0.25, -0.2) is 13.2 Å². The number of pyridine rings is 1. The number of carbonyl (C=O) groups is 1. The summed E-state index contributed by atoms with van der Waals surface area (Å²) in [4.78, 5) is 26.1. The van der Waals surface area contributed by atoms with Gasteiger partial charge >= 0.3 is 6.09 Å². The van der Waals surface area contributed by atoms with Crippen molar-refractivity contribution in [1.82, 2.24) is 9.47 Å². The van der Waals surface area contributed by atoms with E-state index < -0.39 is 26.5 Å². The summed E-state index contributed by atoms with van der Waals surface area (Å²) in [5.74, 6) is 0.317. The zero-order valence-corrected chi connectivity index (χ0v) is 21.8. The van der Waals surface area contributed by atoms with Crippen molar-refractivity contribution < 1.29 is 23.1 Å². The summed E-state index contributed by atoms with van der Waals surface area (Å²) < 4.78 is 30.0. The number of amides is 1. The first-order valence-electron chi connectivity index (χ1n) is 10.6. The standard InChI is InChI=1S/C24H22BrClN2O6S/c1-35(32,33)18-8-6-16(7-9-18)27-12-10-17(14-22(27)29)34-24(25)11-13-28(23(30)31)21(15-24)19-4-2-3-5-20(19)26/h2-10,12,14,21H,11,13,15H2,1H3,(H,30,31). The van der Waals surface area contributed by atoms with Gasteiger partial charge in [-0.05, 0) is 57.9 Å². The molecular weight excluding hydrogens is 560 g/mol. The summed E-state index contributed by atoms with van der Waals surface area (Å²) in [6.45, 7) is 0.209. The molecule has 35 heavy (non-hydrogen) atoms. The fraction of sp³-hybridized carbons (Fsp3) is 0.250. The second-order valence-electron chi connectivity index (χ2n) is 8.29. The van der Waals surface area contributed by atoms with Crippen LogP contribution in [0.3, 0.4) is 0 Å². The predicted molar refractivity (Wildman–Crippen MR) is 136 cm³/mol. The molecular formula is C24H22BrClN2O6S. The van der Waals surface area contributed by atoms with E-state index in [1.165, 1.54) is 27.7 Å². The minimum Gasteiger partial charge on any atom is -0.476 e. The van der Waals surface area contributed by atoms with E-state index in [1.54, 1.807) is 48.7 Å². The van der Waals surface area contributed by atoms with E-state index in [4.69, 9.17) is 16.3 Å². The van der Waals surface area contributed by atoms with Crippen LogP contribution in [-0.4, -0.2) is 46.4 Å².